The molecule has 1 aliphatic rings. The number of rotatable bonds is 6. The van der Waals surface area contributed by atoms with Crippen molar-refractivity contribution < 1.29 is 14.6 Å². The molecule has 0 aromatic heterocycles. The van der Waals surface area contributed by atoms with Crippen LogP contribution in [0.5, 0.6) is 11.5 Å². The van der Waals surface area contributed by atoms with Gasteiger partial charge in [-0.15, -0.1) is 0 Å². The Kier molecular flexibility index (Phi) is 4.92. The Labute approximate surface area is 121 Å². The molecule has 0 radical (unpaired) electrons. The van der Waals surface area contributed by atoms with E-state index >= 15 is 0 Å². The Morgan fingerprint density at radius 1 is 1.15 bits per heavy atom. The van der Waals surface area contributed by atoms with Gasteiger partial charge in [0.2, 0.25) is 0 Å². The van der Waals surface area contributed by atoms with E-state index in [1.54, 1.807) is 14.2 Å². The maximum Gasteiger partial charge on any atom is 0.160 e. The fourth-order valence-corrected chi connectivity index (χ4v) is 3.34. The lowest BCUT2D eigenvalue weighted by Crippen LogP contribution is -2.29. The number of hydrogen-bond acceptors (Lipinski definition) is 3. The fraction of sp³-hybridized carbons (Fsp3) is 0.647. The minimum absolute atomic E-state index is 0.644. The first kappa shape index (κ1) is 15.2. The zero-order valence-corrected chi connectivity index (χ0v) is 12.8. The molecule has 3 heteroatoms. The summed E-state index contributed by atoms with van der Waals surface area (Å²) in [5, 5.41) is 10.6. The Balaban J connectivity index is 2.03. The fourth-order valence-electron chi connectivity index (χ4n) is 3.34. The zero-order chi connectivity index (χ0) is 14.6. The molecule has 2 rings (SSSR count). The second-order valence-electron chi connectivity index (χ2n) is 6.22. The zero-order valence-electron chi connectivity index (χ0n) is 12.8. The van der Waals surface area contributed by atoms with Gasteiger partial charge in [-0.05, 0) is 37.0 Å². The molecule has 1 saturated carbocycles. The molecule has 0 spiro atoms. The van der Waals surface area contributed by atoms with E-state index < -0.39 is 5.60 Å². The quantitative estimate of drug-likeness (QED) is 0.864. The molecule has 1 aliphatic carbocycles. The molecule has 0 saturated heterocycles. The average molecular weight is 278 g/mol. The summed E-state index contributed by atoms with van der Waals surface area (Å²) < 4.78 is 10.6. The van der Waals surface area contributed by atoms with Gasteiger partial charge in [0.25, 0.3) is 0 Å². The smallest absolute Gasteiger partial charge is 0.160 e. The van der Waals surface area contributed by atoms with E-state index in [1.807, 2.05) is 25.1 Å². The largest absolute Gasteiger partial charge is 0.493 e. The van der Waals surface area contributed by atoms with Gasteiger partial charge >= 0.3 is 0 Å². The first-order valence-corrected chi connectivity index (χ1v) is 7.47. The van der Waals surface area contributed by atoms with Crippen molar-refractivity contribution in [1.82, 2.24) is 0 Å². The monoisotopic (exact) mass is 278 g/mol. The third kappa shape index (κ3) is 3.89. The van der Waals surface area contributed by atoms with Gasteiger partial charge in [-0.1, -0.05) is 31.7 Å². The molecule has 1 aromatic rings. The van der Waals surface area contributed by atoms with Crippen molar-refractivity contribution in [3.05, 3.63) is 23.8 Å². The van der Waals surface area contributed by atoms with Crippen LogP contribution < -0.4 is 9.47 Å². The van der Waals surface area contributed by atoms with Crippen molar-refractivity contribution >= 4 is 0 Å². The van der Waals surface area contributed by atoms with Crippen LogP contribution in [0.25, 0.3) is 0 Å². The summed E-state index contributed by atoms with van der Waals surface area (Å²) in [5.41, 5.74) is 0.444. The molecular formula is C17H26O3. The number of aliphatic hydroxyl groups is 1. The first-order chi connectivity index (χ1) is 9.54. The minimum atomic E-state index is -0.644. The van der Waals surface area contributed by atoms with Gasteiger partial charge in [-0.3, -0.25) is 0 Å². The molecular weight excluding hydrogens is 252 g/mol. The molecule has 1 fully saturated rings. The molecule has 0 bridgehead atoms. The van der Waals surface area contributed by atoms with Gasteiger partial charge in [0.05, 0.1) is 19.8 Å². The maximum absolute atomic E-state index is 10.6. The van der Waals surface area contributed by atoms with Crippen molar-refractivity contribution in [2.45, 2.75) is 51.0 Å². The lowest BCUT2D eigenvalue weighted by atomic mass is 9.86. The maximum atomic E-state index is 10.6. The second kappa shape index (κ2) is 6.49. The Bertz CT molecular complexity index is 434. The van der Waals surface area contributed by atoms with E-state index in [-0.39, 0.29) is 0 Å². The van der Waals surface area contributed by atoms with Crippen molar-refractivity contribution in [3.63, 3.8) is 0 Å². The highest BCUT2D eigenvalue weighted by Crippen LogP contribution is 2.34. The number of hydrogen-bond donors (Lipinski definition) is 1. The SMILES string of the molecule is COc1ccc(CC(C)(O)CC2CCCC2)cc1OC. The van der Waals surface area contributed by atoms with E-state index in [9.17, 15) is 5.11 Å². The molecule has 3 nitrogen and oxygen atoms in total. The van der Waals surface area contributed by atoms with Gasteiger partial charge in [-0.2, -0.15) is 0 Å². The predicted molar refractivity (Wildman–Crippen MR) is 80.4 cm³/mol. The number of ether oxygens (including phenoxy) is 2. The summed E-state index contributed by atoms with van der Waals surface area (Å²) in [7, 11) is 3.27. The lowest BCUT2D eigenvalue weighted by molar-refractivity contribution is 0.0348. The van der Waals surface area contributed by atoms with Gasteiger partial charge in [0.15, 0.2) is 11.5 Å². The highest BCUT2D eigenvalue weighted by atomic mass is 16.5. The van der Waals surface area contributed by atoms with Gasteiger partial charge in [0, 0.05) is 6.42 Å². The Morgan fingerprint density at radius 2 is 1.80 bits per heavy atom. The van der Waals surface area contributed by atoms with E-state index in [2.05, 4.69) is 0 Å². The normalized spacial score (nSPS) is 18.8. The van der Waals surface area contributed by atoms with E-state index in [1.165, 1.54) is 25.7 Å². The number of methoxy groups -OCH3 is 2. The molecule has 1 aromatic carbocycles. The molecule has 0 amide bonds. The van der Waals surface area contributed by atoms with Gasteiger partial charge in [-0.25, -0.2) is 0 Å². The molecule has 0 heterocycles. The van der Waals surface area contributed by atoms with Gasteiger partial charge in [0.1, 0.15) is 0 Å². The van der Waals surface area contributed by atoms with Crippen molar-refractivity contribution in [3.8, 4) is 11.5 Å². The average Bonchev–Trinajstić information content (AvgIpc) is 2.90. The topological polar surface area (TPSA) is 38.7 Å². The summed E-state index contributed by atoms with van der Waals surface area (Å²) in [6.07, 6.45) is 6.71. The van der Waals surface area contributed by atoms with E-state index in [4.69, 9.17) is 9.47 Å². The van der Waals surface area contributed by atoms with Crippen LogP contribution in [0.3, 0.4) is 0 Å². The predicted octanol–water partition coefficient (Wildman–Crippen LogP) is 3.58. The third-order valence-corrected chi connectivity index (χ3v) is 4.24. The van der Waals surface area contributed by atoms with Crippen LogP contribution in [-0.2, 0) is 6.42 Å². The standard InChI is InChI=1S/C17H26O3/c1-17(18,11-13-6-4-5-7-13)12-14-8-9-15(19-2)16(10-14)20-3/h8-10,13,18H,4-7,11-12H2,1-3H3. The molecule has 20 heavy (non-hydrogen) atoms. The Morgan fingerprint density at radius 3 is 2.40 bits per heavy atom. The van der Waals surface area contributed by atoms with Crippen molar-refractivity contribution in [2.24, 2.45) is 5.92 Å². The van der Waals surface area contributed by atoms with Crippen molar-refractivity contribution in [1.29, 1.82) is 0 Å². The molecule has 1 atom stereocenters. The minimum Gasteiger partial charge on any atom is -0.493 e. The van der Waals surface area contributed by atoms with Crippen LogP contribution in [-0.4, -0.2) is 24.9 Å². The van der Waals surface area contributed by atoms with Crippen LogP contribution in [0.4, 0.5) is 0 Å². The van der Waals surface area contributed by atoms with E-state index in [0.717, 1.165) is 23.5 Å². The summed E-state index contributed by atoms with van der Waals surface area (Å²) in [5.74, 6) is 2.14. The Hall–Kier alpha value is -1.22. The van der Waals surface area contributed by atoms with Crippen LogP contribution in [0.15, 0.2) is 18.2 Å². The second-order valence-corrected chi connectivity index (χ2v) is 6.22. The van der Waals surface area contributed by atoms with Crippen LogP contribution in [0.1, 0.15) is 44.6 Å². The first-order valence-electron chi connectivity index (χ1n) is 7.47. The summed E-state index contributed by atoms with van der Waals surface area (Å²) >= 11 is 0. The molecule has 1 N–H and O–H groups in total. The van der Waals surface area contributed by atoms with Gasteiger partial charge < -0.3 is 14.6 Å². The molecule has 0 aliphatic heterocycles. The summed E-state index contributed by atoms with van der Waals surface area (Å²) in [6.45, 7) is 1.95. The summed E-state index contributed by atoms with van der Waals surface area (Å²) in [6, 6.07) is 5.87. The molecule has 112 valence electrons. The molecule has 1 unspecified atom stereocenters. The lowest BCUT2D eigenvalue weighted by Gasteiger charge is -2.27. The van der Waals surface area contributed by atoms with E-state index in [0.29, 0.717) is 12.3 Å². The van der Waals surface area contributed by atoms with Crippen LogP contribution >= 0.6 is 0 Å². The summed E-state index contributed by atoms with van der Waals surface area (Å²) in [4.78, 5) is 0. The highest BCUT2D eigenvalue weighted by molar-refractivity contribution is 5.43. The number of benzene rings is 1. The van der Waals surface area contributed by atoms with Crippen molar-refractivity contribution in [2.75, 3.05) is 14.2 Å². The van der Waals surface area contributed by atoms with Crippen LogP contribution in [0, 0.1) is 5.92 Å². The third-order valence-electron chi connectivity index (χ3n) is 4.24. The van der Waals surface area contributed by atoms with Crippen LogP contribution in [0.2, 0.25) is 0 Å². The highest BCUT2D eigenvalue weighted by Gasteiger charge is 2.27.